The highest BCUT2D eigenvalue weighted by atomic mass is 31.2. The van der Waals surface area contributed by atoms with Gasteiger partial charge in [0.1, 0.15) is 6.61 Å². The Labute approximate surface area is 342 Å². The SMILES string of the molecule is CCCCC/C=C/C/C=C/C/C=C/C/C=C/C/C=C/CCC(=O)O[C@H](COC(=O)CCCCCCCCCCCCCCCCCC)COP(=O)(O)OCCN. The van der Waals surface area contributed by atoms with Crippen LogP contribution >= 0.6 is 7.82 Å². The van der Waals surface area contributed by atoms with Gasteiger partial charge in [-0.15, -0.1) is 0 Å². The van der Waals surface area contributed by atoms with E-state index >= 15 is 0 Å². The van der Waals surface area contributed by atoms with Crippen LogP contribution in [0.5, 0.6) is 0 Å². The van der Waals surface area contributed by atoms with Crippen molar-refractivity contribution in [2.24, 2.45) is 5.73 Å². The van der Waals surface area contributed by atoms with E-state index in [9.17, 15) is 19.0 Å². The van der Waals surface area contributed by atoms with Crippen LogP contribution in [0, 0.1) is 0 Å². The van der Waals surface area contributed by atoms with E-state index in [1.165, 1.54) is 109 Å². The first kappa shape index (κ1) is 53.7. The van der Waals surface area contributed by atoms with Gasteiger partial charge in [0.05, 0.1) is 13.2 Å². The zero-order valence-electron chi connectivity index (χ0n) is 35.6. The van der Waals surface area contributed by atoms with Crippen molar-refractivity contribution in [1.82, 2.24) is 0 Å². The Morgan fingerprint density at radius 3 is 1.45 bits per heavy atom. The van der Waals surface area contributed by atoms with Gasteiger partial charge in [-0.2, -0.15) is 0 Å². The molecular formula is C46H82NO8P. The lowest BCUT2D eigenvalue weighted by Crippen LogP contribution is -2.29. The summed E-state index contributed by atoms with van der Waals surface area (Å²) in [5, 5.41) is 0. The van der Waals surface area contributed by atoms with Crippen LogP contribution in [0.3, 0.4) is 0 Å². The van der Waals surface area contributed by atoms with Crippen LogP contribution < -0.4 is 5.73 Å². The van der Waals surface area contributed by atoms with Crippen molar-refractivity contribution in [3.63, 3.8) is 0 Å². The van der Waals surface area contributed by atoms with Crippen LogP contribution in [0.4, 0.5) is 0 Å². The van der Waals surface area contributed by atoms with Gasteiger partial charge in [-0.3, -0.25) is 18.6 Å². The lowest BCUT2D eigenvalue weighted by Gasteiger charge is -2.19. The van der Waals surface area contributed by atoms with Gasteiger partial charge in [-0.05, 0) is 51.4 Å². The van der Waals surface area contributed by atoms with Gasteiger partial charge in [0, 0.05) is 19.4 Å². The fourth-order valence-corrected chi connectivity index (χ4v) is 6.62. The summed E-state index contributed by atoms with van der Waals surface area (Å²) in [7, 11) is -4.40. The molecule has 0 aromatic rings. The highest BCUT2D eigenvalue weighted by Crippen LogP contribution is 2.43. The predicted molar refractivity (Wildman–Crippen MR) is 233 cm³/mol. The second-order valence-corrected chi connectivity index (χ2v) is 16.0. The number of unbranched alkanes of at least 4 members (excludes halogenated alkanes) is 18. The fourth-order valence-electron chi connectivity index (χ4n) is 5.85. The number of hydrogen-bond donors (Lipinski definition) is 2. The Hall–Kier alpha value is -2.29. The molecule has 9 nitrogen and oxygen atoms in total. The highest BCUT2D eigenvalue weighted by molar-refractivity contribution is 7.47. The summed E-state index contributed by atoms with van der Waals surface area (Å²) >= 11 is 0. The van der Waals surface area contributed by atoms with Crippen molar-refractivity contribution in [2.75, 3.05) is 26.4 Å². The predicted octanol–water partition coefficient (Wildman–Crippen LogP) is 12.9. The molecule has 324 valence electrons. The van der Waals surface area contributed by atoms with Crippen molar-refractivity contribution < 1.29 is 37.6 Å². The third-order valence-corrected chi connectivity index (χ3v) is 10.2. The largest absolute Gasteiger partial charge is 0.472 e. The molecule has 0 aliphatic carbocycles. The molecule has 0 amide bonds. The number of nitrogens with two attached hydrogens (primary N) is 1. The smallest absolute Gasteiger partial charge is 0.462 e. The fraction of sp³-hybridized carbons (Fsp3) is 0.739. The molecule has 0 radical (unpaired) electrons. The first-order chi connectivity index (χ1) is 27.3. The summed E-state index contributed by atoms with van der Waals surface area (Å²) in [4.78, 5) is 34.8. The summed E-state index contributed by atoms with van der Waals surface area (Å²) in [6.07, 6.45) is 49.8. The number of carbonyl (C=O) groups is 2. The lowest BCUT2D eigenvalue weighted by molar-refractivity contribution is -0.161. The zero-order valence-corrected chi connectivity index (χ0v) is 36.5. The van der Waals surface area contributed by atoms with Crippen molar-refractivity contribution >= 4 is 19.8 Å². The molecular weight excluding hydrogens is 725 g/mol. The normalized spacial score (nSPS) is 13.9. The Morgan fingerprint density at radius 2 is 0.964 bits per heavy atom. The third-order valence-electron chi connectivity index (χ3n) is 9.17. The first-order valence-corrected chi connectivity index (χ1v) is 23.8. The van der Waals surface area contributed by atoms with E-state index in [1.807, 2.05) is 12.2 Å². The summed E-state index contributed by atoms with van der Waals surface area (Å²) in [6, 6.07) is 0. The number of esters is 2. The minimum atomic E-state index is -4.40. The van der Waals surface area contributed by atoms with Crippen molar-refractivity contribution in [1.29, 1.82) is 0 Å². The molecule has 0 saturated heterocycles. The van der Waals surface area contributed by atoms with Crippen LogP contribution in [-0.2, 0) is 32.7 Å². The molecule has 0 spiro atoms. The molecule has 0 aromatic carbocycles. The van der Waals surface area contributed by atoms with Crippen LogP contribution in [0.1, 0.15) is 187 Å². The quantitative estimate of drug-likeness (QED) is 0.0268. The van der Waals surface area contributed by atoms with Gasteiger partial charge >= 0.3 is 19.8 Å². The van der Waals surface area contributed by atoms with Gasteiger partial charge in [-0.25, -0.2) is 4.57 Å². The van der Waals surface area contributed by atoms with Gasteiger partial charge in [0.25, 0.3) is 0 Å². The molecule has 10 heteroatoms. The van der Waals surface area contributed by atoms with Gasteiger partial charge in [0.15, 0.2) is 6.10 Å². The van der Waals surface area contributed by atoms with Crippen molar-refractivity contribution in [3.05, 3.63) is 60.8 Å². The molecule has 0 heterocycles. The minimum absolute atomic E-state index is 0.0409. The molecule has 56 heavy (non-hydrogen) atoms. The van der Waals surface area contributed by atoms with Crippen LogP contribution in [-0.4, -0.2) is 49.3 Å². The zero-order chi connectivity index (χ0) is 41.1. The number of hydrogen-bond acceptors (Lipinski definition) is 8. The number of phosphoric ester groups is 1. The number of carbonyl (C=O) groups excluding carboxylic acids is 2. The summed E-state index contributed by atoms with van der Waals surface area (Å²) in [6.45, 7) is 3.62. The van der Waals surface area contributed by atoms with Crippen LogP contribution in [0.2, 0.25) is 0 Å². The number of allylic oxidation sites excluding steroid dienone is 10. The monoisotopic (exact) mass is 808 g/mol. The van der Waals surface area contributed by atoms with Gasteiger partial charge in [0.2, 0.25) is 0 Å². The van der Waals surface area contributed by atoms with Gasteiger partial charge in [-0.1, -0.05) is 184 Å². The van der Waals surface area contributed by atoms with E-state index in [4.69, 9.17) is 24.3 Å². The summed E-state index contributed by atoms with van der Waals surface area (Å²) in [5.41, 5.74) is 5.34. The van der Waals surface area contributed by atoms with E-state index in [2.05, 4.69) is 62.5 Å². The molecule has 0 saturated carbocycles. The first-order valence-electron chi connectivity index (χ1n) is 22.3. The van der Waals surface area contributed by atoms with Crippen molar-refractivity contribution in [2.45, 2.75) is 193 Å². The van der Waals surface area contributed by atoms with Crippen LogP contribution in [0.25, 0.3) is 0 Å². The Morgan fingerprint density at radius 1 is 0.536 bits per heavy atom. The van der Waals surface area contributed by atoms with E-state index < -0.39 is 32.5 Å². The molecule has 0 rings (SSSR count). The third kappa shape index (κ3) is 41.3. The van der Waals surface area contributed by atoms with Crippen LogP contribution in [0.15, 0.2) is 60.8 Å². The molecule has 3 N–H and O–H groups in total. The molecule has 0 fully saturated rings. The van der Waals surface area contributed by atoms with Gasteiger partial charge < -0.3 is 20.1 Å². The topological polar surface area (TPSA) is 134 Å². The molecule has 0 aromatic heterocycles. The second kappa shape index (κ2) is 42.3. The minimum Gasteiger partial charge on any atom is -0.462 e. The Bertz CT molecular complexity index is 1100. The van der Waals surface area contributed by atoms with E-state index in [0.29, 0.717) is 6.42 Å². The van der Waals surface area contributed by atoms with E-state index in [1.54, 1.807) is 0 Å². The average molecular weight is 808 g/mol. The second-order valence-electron chi connectivity index (χ2n) is 14.6. The number of phosphoric acid groups is 1. The molecule has 2 atom stereocenters. The van der Waals surface area contributed by atoms with E-state index in [0.717, 1.165) is 44.9 Å². The maximum atomic E-state index is 12.6. The van der Waals surface area contributed by atoms with Crippen molar-refractivity contribution in [3.8, 4) is 0 Å². The molecule has 0 aliphatic rings. The number of rotatable bonds is 41. The lowest BCUT2D eigenvalue weighted by atomic mass is 10.0. The Balaban J connectivity index is 4.27. The molecule has 1 unspecified atom stereocenters. The summed E-state index contributed by atoms with van der Waals surface area (Å²) < 4.78 is 32.7. The molecule has 0 aliphatic heterocycles. The highest BCUT2D eigenvalue weighted by Gasteiger charge is 2.25. The Kier molecular flexibility index (Phi) is 40.6. The molecule has 0 bridgehead atoms. The standard InChI is InChI=1S/C46H82NO8P/c1-3-5-7-9-11-13-15-17-19-21-22-23-25-27-29-31-33-35-37-39-46(49)55-44(43-54-56(50,51)53-41-40-47)42-52-45(48)38-36-34-32-30-28-26-24-20-18-16-14-12-10-8-6-4-2/h11,13,17,19,22-23,27,29,33,35,44H,3-10,12,14-16,18,20-21,24-26,28,30-32,34,36-43,47H2,1-2H3,(H,50,51)/b13-11+,19-17+,23-22+,29-27+,35-33+/t44-/m1/s1. The maximum absolute atomic E-state index is 12.6. The summed E-state index contributed by atoms with van der Waals surface area (Å²) in [5.74, 6) is -0.923. The van der Waals surface area contributed by atoms with E-state index in [-0.39, 0.29) is 32.6 Å². The maximum Gasteiger partial charge on any atom is 0.472 e. The average Bonchev–Trinajstić information content (AvgIpc) is 3.18. The number of ether oxygens (including phenoxy) is 2.